The van der Waals surface area contributed by atoms with Gasteiger partial charge in [0, 0.05) is 4.47 Å². The van der Waals surface area contributed by atoms with Gasteiger partial charge in [0.05, 0.1) is 18.9 Å². The number of fused-ring (bicyclic) bond motifs is 1. The molecule has 0 spiro atoms. The second kappa shape index (κ2) is 4.84. The van der Waals surface area contributed by atoms with Gasteiger partial charge in [0.15, 0.2) is 0 Å². The number of hydrogen-bond acceptors (Lipinski definition) is 1. The number of benzene rings is 1. The molecular formula is C13H16BrFO. The van der Waals surface area contributed by atoms with Crippen LogP contribution in [0.5, 0.6) is 0 Å². The van der Waals surface area contributed by atoms with Crippen LogP contribution in [0.3, 0.4) is 0 Å². The van der Waals surface area contributed by atoms with E-state index >= 15 is 0 Å². The average molecular weight is 287 g/mol. The summed E-state index contributed by atoms with van der Waals surface area (Å²) in [5.74, 6) is 0. The molecule has 0 saturated carbocycles. The Hall–Kier alpha value is -0.410. The lowest BCUT2D eigenvalue weighted by atomic mass is 9.89. The molecule has 0 N–H and O–H groups in total. The molecule has 0 aromatic heterocycles. The lowest BCUT2D eigenvalue weighted by molar-refractivity contribution is -0.0313. The number of alkyl halides is 1. The molecule has 0 unspecified atom stereocenters. The van der Waals surface area contributed by atoms with E-state index in [0.717, 1.165) is 17.3 Å². The number of unbranched alkanes of at least 4 members (excludes halogenated alkanes) is 1. The molecule has 0 bridgehead atoms. The highest BCUT2D eigenvalue weighted by atomic mass is 79.9. The van der Waals surface area contributed by atoms with Crippen molar-refractivity contribution in [2.75, 3.05) is 6.67 Å². The van der Waals surface area contributed by atoms with Crippen LogP contribution in [-0.4, -0.2) is 6.67 Å². The summed E-state index contributed by atoms with van der Waals surface area (Å²) < 4.78 is 19.0. The topological polar surface area (TPSA) is 9.23 Å². The molecule has 0 radical (unpaired) electrons. The van der Waals surface area contributed by atoms with Crippen LogP contribution >= 0.6 is 15.9 Å². The van der Waals surface area contributed by atoms with Gasteiger partial charge in [-0.15, -0.1) is 0 Å². The van der Waals surface area contributed by atoms with Gasteiger partial charge >= 0.3 is 0 Å². The largest absolute Gasteiger partial charge is 0.366 e. The fourth-order valence-corrected chi connectivity index (χ4v) is 2.68. The molecule has 0 saturated heterocycles. The lowest BCUT2D eigenvalue weighted by Crippen LogP contribution is -2.20. The van der Waals surface area contributed by atoms with Gasteiger partial charge in [0.1, 0.15) is 0 Å². The minimum absolute atomic E-state index is 0.217. The van der Waals surface area contributed by atoms with Crippen molar-refractivity contribution in [2.24, 2.45) is 0 Å². The molecule has 0 amide bonds. The molecule has 1 nitrogen and oxygen atoms in total. The fourth-order valence-electron chi connectivity index (χ4n) is 2.28. The molecule has 88 valence electrons. The molecular weight excluding hydrogens is 271 g/mol. The third kappa shape index (κ3) is 2.30. The van der Waals surface area contributed by atoms with Crippen LogP contribution in [-0.2, 0) is 16.9 Å². The van der Waals surface area contributed by atoms with Gasteiger partial charge in [-0.05, 0) is 49.4 Å². The molecule has 1 atom stereocenters. The van der Waals surface area contributed by atoms with E-state index in [1.54, 1.807) is 0 Å². The quantitative estimate of drug-likeness (QED) is 0.749. The monoisotopic (exact) mass is 286 g/mol. The van der Waals surface area contributed by atoms with Crippen molar-refractivity contribution in [1.82, 2.24) is 0 Å². The van der Waals surface area contributed by atoms with Gasteiger partial charge in [0.25, 0.3) is 0 Å². The predicted octanol–water partition coefficient (Wildman–Crippen LogP) is 4.33. The van der Waals surface area contributed by atoms with Gasteiger partial charge in [0.2, 0.25) is 0 Å². The summed E-state index contributed by atoms with van der Waals surface area (Å²) >= 11 is 3.46. The van der Waals surface area contributed by atoms with E-state index in [0.29, 0.717) is 13.0 Å². The Balaban J connectivity index is 2.15. The van der Waals surface area contributed by atoms with Crippen LogP contribution in [0, 0.1) is 0 Å². The summed E-state index contributed by atoms with van der Waals surface area (Å²) in [5.41, 5.74) is 2.29. The highest BCUT2D eigenvalue weighted by molar-refractivity contribution is 9.10. The summed E-state index contributed by atoms with van der Waals surface area (Å²) in [5, 5.41) is 0. The van der Waals surface area contributed by atoms with Gasteiger partial charge in [-0.1, -0.05) is 22.0 Å². The summed E-state index contributed by atoms with van der Waals surface area (Å²) in [6.45, 7) is 2.54. The van der Waals surface area contributed by atoms with E-state index in [1.807, 2.05) is 6.07 Å². The SMILES string of the molecule is C[C@]1(CCCCF)OCc2cc(Br)ccc21. The molecule has 3 heteroatoms. The maximum atomic E-state index is 12.1. The second-order valence-corrected chi connectivity index (χ2v) is 5.38. The summed E-state index contributed by atoms with van der Waals surface area (Å²) in [7, 11) is 0. The van der Waals surface area contributed by atoms with Crippen LogP contribution < -0.4 is 0 Å². The highest BCUT2D eigenvalue weighted by Crippen LogP contribution is 2.40. The van der Waals surface area contributed by atoms with E-state index in [9.17, 15) is 4.39 Å². The van der Waals surface area contributed by atoms with E-state index < -0.39 is 0 Å². The van der Waals surface area contributed by atoms with Crippen LogP contribution in [0.1, 0.15) is 37.3 Å². The van der Waals surface area contributed by atoms with Crippen molar-refractivity contribution < 1.29 is 9.13 Å². The fraction of sp³-hybridized carbons (Fsp3) is 0.538. The third-order valence-corrected chi connectivity index (χ3v) is 3.71. The maximum absolute atomic E-state index is 12.1. The smallest absolute Gasteiger partial charge is 0.0911 e. The normalized spacial score (nSPS) is 23.4. The summed E-state index contributed by atoms with van der Waals surface area (Å²) in [6.07, 6.45) is 2.40. The molecule has 16 heavy (non-hydrogen) atoms. The minimum Gasteiger partial charge on any atom is -0.366 e. The molecule has 0 aliphatic carbocycles. The van der Waals surface area contributed by atoms with Crippen molar-refractivity contribution in [3.63, 3.8) is 0 Å². The van der Waals surface area contributed by atoms with E-state index in [2.05, 4.69) is 35.0 Å². The molecule has 1 aromatic rings. The molecule has 1 aromatic carbocycles. The van der Waals surface area contributed by atoms with Gasteiger partial charge in [-0.3, -0.25) is 4.39 Å². The lowest BCUT2D eigenvalue weighted by Gasteiger charge is -2.24. The summed E-state index contributed by atoms with van der Waals surface area (Å²) in [4.78, 5) is 0. The zero-order valence-electron chi connectivity index (χ0n) is 9.43. The van der Waals surface area contributed by atoms with Crippen molar-refractivity contribution in [1.29, 1.82) is 0 Å². The van der Waals surface area contributed by atoms with Crippen molar-refractivity contribution >= 4 is 15.9 Å². The first-order valence-corrected chi connectivity index (χ1v) is 6.44. The van der Waals surface area contributed by atoms with Crippen molar-refractivity contribution in [2.45, 2.75) is 38.4 Å². The van der Waals surface area contributed by atoms with Crippen LogP contribution in [0.2, 0.25) is 0 Å². The molecule has 2 rings (SSSR count). The number of halogens is 2. The van der Waals surface area contributed by atoms with Crippen molar-refractivity contribution in [3.8, 4) is 0 Å². The Labute approximate surface area is 104 Å². The van der Waals surface area contributed by atoms with E-state index in [4.69, 9.17) is 4.74 Å². The van der Waals surface area contributed by atoms with Gasteiger partial charge in [-0.25, -0.2) is 0 Å². The molecule has 1 aliphatic rings. The van der Waals surface area contributed by atoms with Gasteiger partial charge < -0.3 is 4.74 Å². The molecule has 1 aliphatic heterocycles. The zero-order valence-corrected chi connectivity index (χ0v) is 11.0. The Morgan fingerprint density at radius 1 is 1.44 bits per heavy atom. The first-order valence-electron chi connectivity index (χ1n) is 5.64. The zero-order chi connectivity index (χ0) is 11.6. The second-order valence-electron chi connectivity index (χ2n) is 4.47. The number of hydrogen-bond donors (Lipinski definition) is 0. The third-order valence-electron chi connectivity index (χ3n) is 3.22. The van der Waals surface area contributed by atoms with Crippen molar-refractivity contribution in [3.05, 3.63) is 33.8 Å². The van der Waals surface area contributed by atoms with E-state index in [1.165, 1.54) is 11.1 Å². The van der Waals surface area contributed by atoms with Gasteiger partial charge in [-0.2, -0.15) is 0 Å². The first-order chi connectivity index (χ1) is 7.65. The van der Waals surface area contributed by atoms with Crippen LogP contribution in [0.25, 0.3) is 0 Å². The van der Waals surface area contributed by atoms with Crippen LogP contribution in [0.15, 0.2) is 22.7 Å². The average Bonchev–Trinajstić information content (AvgIpc) is 2.57. The Morgan fingerprint density at radius 2 is 2.25 bits per heavy atom. The highest BCUT2D eigenvalue weighted by Gasteiger charge is 2.34. The summed E-state index contributed by atoms with van der Waals surface area (Å²) in [6, 6.07) is 6.26. The standard InChI is InChI=1S/C13H16BrFO/c1-13(6-2-3-7-15)12-5-4-11(14)8-10(12)9-16-13/h4-5,8H,2-3,6-7,9H2,1H3/t13-/m1/s1. The minimum atomic E-state index is -0.233. The molecule has 1 heterocycles. The Bertz CT molecular complexity index is 380. The number of ether oxygens (including phenoxy) is 1. The number of rotatable bonds is 4. The Kier molecular flexibility index (Phi) is 3.65. The first kappa shape index (κ1) is 12.1. The maximum Gasteiger partial charge on any atom is 0.0911 e. The molecule has 0 fully saturated rings. The predicted molar refractivity (Wildman–Crippen MR) is 66.1 cm³/mol. The Morgan fingerprint density at radius 3 is 3.00 bits per heavy atom. The van der Waals surface area contributed by atoms with Crippen LogP contribution in [0.4, 0.5) is 4.39 Å². The van der Waals surface area contributed by atoms with E-state index in [-0.39, 0.29) is 12.3 Å².